The molecule has 1 aliphatic heterocycles. The van der Waals surface area contributed by atoms with Gasteiger partial charge in [0, 0.05) is 33.2 Å². The molecule has 1 atom stereocenters. The van der Waals surface area contributed by atoms with E-state index < -0.39 is 12.0 Å². The number of carbonyl (C=O) groups excluding carboxylic acids is 1. The molecule has 0 aromatic rings. The second-order valence-electron chi connectivity index (χ2n) is 5.76. The Morgan fingerprint density at radius 3 is 2.21 bits per heavy atom. The molecule has 0 aromatic carbocycles. The zero-order valence-corrected chi connectivity index (χ0v) is 11.6. The first kappa shape index (κ1) is 14.1. The minimum absolute atomic E-state index is 0.0374. The summed E-state index contributed by atoms with van der Waals surface area (Å²) < 4.78 is 0. The van der Waals surface area contributed by atoms with Gasteiger partial charge >= 0.3 is 12.0 Å². The Hall–Kier alpha value is -1.30. The van der Waals surface area contributed by atoms with Gasteiger partial charge in [-0.15, -0.1) is 0 Å². The van der Waals surface area contributed by atoms with E-state index in [4.69, 9.17) is 0 Å². The minimum atomic E-state index is -0.741. The van der Waals surface area contributed by atoms with Gasteiger partial charge < -0.3 is 20.2 Å². The van der Waals surface area contributed by atoms with E-state index in [-0.39, 0.29) is 12.1 Å². The molecule has 19 heavy (non-hydrogen) atoms. The lowest BCUT2D eigenvalue weighted by Gasteiger charge is -2.35. The van der Waals surface area contributed by atoms with Crippen molar-refractivity contribution in [2.45, 2.75) is 37.8 Å². The van der Waals surface area contributed by atoms with E-state index in [2.05, 4.69) is 5.32 Å². The molecule has 1 saturated carbocycles. The highest BCUT2D eigenvalue weighted by atomic mass is 16.4. The van der Waals surface area contributed by atoms with Gasteiger partial charge in [0.05, 0.1) is 0 Å². The van der Waals surface area contributed by atoms with Gasteiger partial charge in [-0.1, -0.05) is 0 Å². The van der Waals surface area contributed by atoms with Crippen LogP contribution in [0.1, 0.15) is 25.7 Å². The zero-order valence-electron chi connectivity index (χ0n) is 11.6. The normalized spacial score (nSPS) is 22.1. The largest absolute Gasteiger partial charge is 0.480 e. The third-order valence-corrected chi connectivity index (χ3v) is 3.92. The summed E-state index contributed by atoms with van der Waals surface area (Å²) in [6.45, 7) is 1.40. The number of amides is 2. The molecule has 2 aliphatic rings. The van der Waals surface area contributed by atoms with Crippen LogP contribution >= 0.6 is 0 Å². The predicted octanol–water partition coefficient (Wildman–Crippen LogP) is 0.585. The summed E-state index contributed by atoms with van der Waals surface area (Å²) in [6, 6.07) is -0.149. The molecular weight excluding hydrogens is 246 g/mol. The number of nitrogens with zero attached hydrogens (tertiary/aromatic N) is 2. The molecule has 1 heterocycles. The molecule has 1 unspecified atom stereocenters. The van der Waals surface area contributed by atoms with Gasteiger partial charge in [0.1, 0.15) is 6.04 Å². The van der Waals surface area contributed by atoms with Gasteiger partial charge in [0.15, 0.2) is 0 Å². The van der Waals surface area contributed by atoms with Gasteiger partial charge in [-0.3, -0.25) is 4.79 Å². The van der Waals surface area contributed by atoms with Crippen LogP contribution in [0.15, 0.2) is 0 Å². The Balaban J connectivity index is 1.79. The number of carboxylic acids is 1. The monoisotopic (exact) mass is 269 g/mol. The Bertz CT molecular complexity index is 347. The van der Waals surface area contributed by atoms with Crippen LogP contribution < -0.4 is 5.32 Å². The molecule has 2 rings (SSSR count). The second-order valence-corrected chi connectivity index (χ2v) is 5.76. The Labute approximate surface area is 113 Å². The molecule has 6 nitrogen and oxygen atoms in total. The number of likely N-dealkylation sites (tertiary alicyclic amines) is 1. The molecule has 0 aromatic heterocycles. The number of piperidine rings is 1. The Morgan fingerprint density at radius 1 is 1.21 bits per heavy atom. The third-order valence-electron chi connectivity index (χ3n) is 3.92. The number of rotatable bonds is 4. The lowest BCUT2D eigenvalue weighted by Crippen LogP contribution is -2.52. The quantitative estimate of drug-likeness (QED) is 0.783. The number of carboxylic acid groups (broad SMARTS) is 1. The average Bonchev–Trinajstić information content (AvgIpc) is 3.19. The predicted molar refractivity (Wildman–Crippen MR) is 71.0 cm³/mol. The van der Waals surface area contributed by atoms with E-state index >= 15 is 0 Å². The van der Waals surface area contributed by atoms with Crippen molar-refractivity contribution in [2.75, 3.05) is 27.2 Å². The molecular formula is C13H23N3O3. The first-order valence-electron chi connectivity index (χ1n) is 6.94. The van der Waals surface area contributed by atoms with Crippen LogP contribution in [0.5, 0.6) is 0 Å². The van der Waals surface area contributed by atoms with Crippen LogP contribution in [0, 0.1) is 5.92 Å². The molecule has 6 heteroatoms. The molecule has 2 fully saturated rings. The maximum Gasteiger partial charge on any atom is 0.320 e. The number of hydrogen-bond donors (Lipinski definition) is 2. The van der Waals surface area contributed by atoms with Gasteiger partial charge in [-0.05, 0) is 31.6 Å². The fraction of sp³-hybridized carbons (Fsp3) is 0.846. The lowest BCUT2D eigenvalue weighted by atomic mass is 10.0. The summed E-state index contributed by atoms with van der Waals surface area (Å²) >= 11 is 0. The highest BCUT2D eigenvalue weighted by molar-refractivity contribution is 5.74. The molecule has 2 N–H and O–H groups in total. The van der Waals surface area contributed by atoms with Crippen LogP contribution in [0.3, 0.4) is 0 Å². The van der Waals surface area contributed by atoms with Crippen molar-refractivity contribution >= 4 is 12.0 Å². The van der Waals surface area contributed by atoms with Crippen molar-refractivity contribution in [3.8, 4) is 0 Å². The van der Waals surface area contributed by atoms with E-state index in [0.717, 1.165) is 25.7 Å². The number of urea groups is 1. The van der Waals surface area contributed by atoms with E-state index in [1.807, 2.05) is 4.90 Å². The number of carbonyl (C=O) groups is 2. The van der Waals surface area contributed by atoms with Crippen molar-refractivity contribution in [2.24, 2.45) is 5.92 Å². The summed E-state index contributed by atoms with van der Waals surface area (Å²) in [6.07, 6.45) is 3.69. The van der Waals surface area contributed by atoms with Crippen molar-refractivity contribution in [1.82, 2.24) is 15.1 Å². The van der Waals surface area contributed by atoms with E-state index in [1.165, 1.54) is 0 Å². The first-order chi connectivity index (χ1) is 8.99. The van der Waals surface area contributed by atoms with Crippen LogP contribution in [-0.4, -0.2) is 66.2 Å². The molecule has 108 valence electrons. The van der Waals surface area contributed by atoms with Gasteiger partial charge in [-0.2, -0.15) is 0 Å². The first-order valence-corrected chi connectivity index (χ1v) is 6.94. The number of nitrogens with one attached hydrogen (secondary N) is 1. The number of aliphatic carboxylic acids is 1. The number of hydrogen-bond acceptors (Lipinski definition) is 3. The topological polar surface area (TPSA) is 72.9 Å². The highest BCUT2D eigenvalue weighted by Crippen LogP contribution is 2.33. The zero-order chi connectivity index (χ0) is 14.0. The molecule has 1 aliphatic carbocycles. The molecule has 1 saturated heterocycles. The van der Waals surface area contributed by atoms with Crippen molar-refractivity contribution in [3.63, 3.8) is 0 Å². The van der Waals surface area contributed by atoms with Gasteiger partial charge in [0.2, 0.25) is 0 Å². The summed E-state index contributed by atoms with van der Waals surface area (Å²) in [5.74, 6) is -0.437. The van der Waals surface area contributed by atoms with Crippen molar-refractivity contribution in [3.05, 3.63) is 0 Å². The average molecular weight is 269 g/mol. The van der Waals surface area contributed by atoms with Crippen LogP contribution in [-0.2, 0) is 4.79 Å². The fourth-order valence-electron chi connectivity index (χ4n) is 2.61. The lowest BCUT2D eigenvalue weighted by molar-refractivity contribution is -0.140. The Morgan fingerprint density at radius 2 is 1.79 bits per heavy atom. The third kappa shape index (κ3) is 3.59. The van der Waals surface area contributed by atoms with E-state index in [1.54, 1.807) is 19.0 Å². The van der Waals surface area contributed by atoms with E-state index in [0.29, 0.717) is 19.0 Å². The van der Waals surface area contributed by atoms with Crippen LogP contribution in [0.4, 0.5) is 4.79 Å². The Kier molecular flexibility index (Phi) is 4.29. The van der Waals surface area contributed by atoms with Gasteiger partial charge in [-0.25, -0.2) is 4.79 Å². The van der Waals surface area contributed by atoms with Gasteiger partial charge in [0.25, 0.3) is 0 Å². The maximum atomic E-state index is 11.8. The summed E-state index contributed by atoms with van der Waals surface area (Å²) in [5.41, 5.74) is 0. The summed E-state index contributed by atoms with van der Waals surface area (Å²) in [5, 5.41) is 12.4. The minimum Gasteiger partial charge on any atom is -0.480 e. The fourth-order valence-corrected chi connectivity index (χ4v) is 2.61. The standard InChI is InChI=1S/C13H23N3O3/c1-15(2)13(19)16-7-5-10(6-8-16)14-11(12(17)18)9-3-4-9/h9-11,14H,3-8H2,1-2H3,(H,17,18). The molecule has 0 bridgehead atoms. The van der Waals surface area contributed by atoms with Crippen molar-refractivity contribution < 1.29 is 14.7 Å². The maximum absolute atomic E-state index is 11.8. The molecule has 0 radical (unpaired) electrons. The van der Waals surface area contributed by atoms with Crippen LogP contribution in [0.25, 0.3) is 0 Å². The molecule has 0 spiro atoms. The highest BCUT2D eigenvalue weighted by Gasteiger charge is 2.38. The smallest absolute Gasteiger partial charge is 0.320 e. The second kappa shape index (κ2) is 5.77. The summed E-state index contributed by atoms with van der Waals surface area (Å²) in [4.78, 5) is 26.4. The van der Waals surface area contributed by atoms with Crippen molar-refractivity contribution in [1.29, 1.82) is 0 Å². The SMILES string of the molecule is CN(C)C(=O)N1CCC(NC(C(=O)O)C2CC2)CC1. The van der Waals surface area contributed by atoms with E-state index in [9.17, 15) is 14.7 Å². The van der Waals surface area contributed by atoms with Crippen LogP contribution in [0.2, 0.25) is 0 Å². The molecule has 2 amide bonds. The summed E-state index contributed by atoms with van der Waals surface area (Å²) in [7, 11) is 3.50.